The molecule has 10 nitrogen and oxygen atoms in total. The number of likely N-dealkylation sites (N-methyl/N-ethyl adjacent to an activating group) is 1. The molecule has 1 saturated heterocycles. The van der Waals surface area contributed by atoms with Gasteiger partial charge in [0.2, 0.25) is 11.9 Å². The number of piperidine rings is 1. The summed E-state index contributed by atoms with van der Waals surface area (Å²) in [7, 11) is 1.71. The first-order valence-electron chi connectivity index (χ1n) is 12.8. The van der Waals surface area contributed by atoms with Gasteiger partial charge in [0.15, 0.2) is 0 Å². The Labute approximate surface area is 223 Å². The number of hydrogen-bond acceptors (Lipinski definition) is 8. The summed E-state index contributed by atoms with van der Waals surface area (Å²) in [6.07, 6.45) is 8.60. The van der Waals surface area contributed by atoms with E-state index in [1.165, 1.54) is 0 Å². The van der Waals surface area contributed by atoms with Crippen molar-refractivity contribution in [2.75, 3.05) is 31.6 Å². The van der Waals surface area contributed by atoms with Gasteiger partial charge in [-0.15, -0.1) is 0 Å². The lowest BCUT2D eigenvalue weighted by Gasteiger charge is -2.31. The van der Waals surface area contributed by atoms with Crippen molar-refractivity contribution in [3.63, 3.8) is 0 Å². The molecule has 1 N–H and O–H groups in total. The number of aromatic nitrogens is 4. The lowest BCUT2D eigenvalue weighted by atomic mass is 9.96. The molecule has 0 bridgehead atoms. The number of rotatable bonds is 7. The van der Waals surface area contributed by atoms with E-state index in [0.29, 0.717) is 12.5 Å². The number of nitrogens with zero attached hydrogens (tertiary/aromatic N) is 6. The number of benzene rings is 1. The summed E-state index contributed by atoms with van der Waals surface area (Å²) < 4.78 is 5.18. The maximum absolute atomic E-state index is 12.5. The minimum absolute atomic E-state index is 0.129. The zero-order valence-corrected chi connectivity index (χ0v) is 22.4. The van der Waals surface area contributed by atoms with Gasteiger partial charge < -0.3 is 19.9 Å². The van der Waals surface area contributed by atoms with Crippen LogP contribution in [0.25, 0.3) is 11.1 Å². The molecule has 3 aromatic rings. The minimum Gasteiger partial charge on any atom is -0.444 e. The van der Waals surface area contributed by atoms with E-state index in [-0.39, 0.29) is 12.5 Å². The highest BCUT2D eigenvalue weighted by Crippen LogP contribution is 2.27. The fourth-order valence-electron chi connectivity index (χ4n) is 4.30. The van der Waals surface area contributed by atoms with E-state index < -0.39 is 11.7 Å². The maximum Gasteiger partial charge on any atom is 0.408 e. The molecule has 4 rings (SSSR count). The van der Waals surface area contributed by atoms with E-state index in [9.17, 15) is 9.59 Å². The first kappa shape index (κ1) is 27.0. The highest BCUT2D eigenvalue weighted by Gasteiger charge is 2.24. The zero-order chi connectivity index (χ0) is 27.1. The van der Waals surface area contributed by atoms with Gasteiger partial charge in [0.1, 0.15) is 18.0 Å². The molecular weight excluding hydrogens is 482 g/mol. The molecule has 1 aliphatic rings. The van der Waals surface area contributed by atoms with Crippen LogP contribution in [-0.2, 0) is 16.1 Å². The van der Waals surface area contributed by atoms with Gasteiger partial charge in [-0.2, -0.15) is 0 Å². The molecule has 10 heteroatoms. The number of amides is 2. The summed E-state index contributed by atoms with van der Waals surface area (Å²) in [5, 5.41) is 2.51. The third-order valence-electron chi connectivity index (χ3n) is 6.26. The van der Waals surface area contributed by atoms with Crippen LogP contribution in [0.4, 0.5) is 10.7 Å². The molecule has 2 aromatic heterocycles. The van der Waals surface area contributed by atoms with Gasteiger partial charge in [0.25, 0.3) is 0 Å². The van der Waals surface area contributed by atoms with Gasteiger partial charge in [-0.25, -0.2) is 24.7 Å². The number of alkyl carbamates (subject to hydrolysis) is 1. The summed E-state index contributed by atoms with van der Waals surface area (Å²) in [6.45, 7) is 7.32. The zero-order valence-electron chi connectivity index (χ0n) is 22.4. The normalized spacial score (nSPS) is 14.2. The van der Waals surface area contributed by atoms with E-state index in [2.05, 4.69) is 30.2 Å². The Morgan fingerprint density at radius 1 is 1.03 bits per heavy atom. The SMILES string of the molecule is CN(Cc1cccc(-c2cnc(N3CCC(c4ncccn4)CC3)nc2)c1)C(=O)CNC(=O)OC(C)(C)C. The third kappa shape index (κ3) is 7.47. The van der Waals surface area contributed by atoms with Gasteiger partial charge in [-0.05, 0) is 56.9 Å². The van der Waals surface area contributed by atoms with Crippen molar-refractivity contribution in [3.8, 4) is 11.1 Å². The number of hydrogen-bond donors (Lipinski definition) is 1. The number of anilines is 1. The molecule has 0 spiro atoms. The van der Waals surface area contributed by atoms with Crippen molar-refractivity contribution in [1.29, 1.82) is 0 Å². The summed E-state index contributed by atoms with van der Waals surface area (Å²) in [5.41, 5.74) is 2.23. The molecule has 200 valence electrons. The average molecular weight is 518 g/mol. The van der Waals surface area contributed by atoms with E-state index in [1.54, 1.807) is 45.1 Å². The number of ether oxygens (including phenoxy) is 1. The topological polar surface area (TPSA) is 113 Å². The smallest absolute Gasteiger partial charge is 0.408 e. The minimum atomic E-state index is -0.615. The summed E-state index contributed by atoms with van der Waals surface area (Å²) in [5.74, 6) is 1.79. The Bertz CT molecular complexity index is 1220. The second kappa shape index (κ2) is 12.0. The van der Waals surface area contributed by atoms with Gasteiger partial charge in [-0.3, -0.25) is 4.79 Å². The standard InChI is InChI=1S/C28H35N7O3/c1-28(2,3)38-27(37)33-18-24(36)34(4)19-20-7-5-8-22(15-20)23-16-31-26(32-17-23)35-13-9-21(10-14-35)25-29-11-6-12-30-25/h5-8,11-12,15-17,21H,9-10,13-14,18-19H2,1-4H3,(H,33,37). The van der Waals surface area contributed by atoms with Crippen LogP contribution < -0.4 is 10.2 Å². The van der Waals surface area contributed by atoms with Crippen LogP contribution in [0.1, 0.15) is 50.9 Å². The molecule has 38 heavy (non-hydrogen) atoms. The molecule has 1 fully saturated rings. The van der Waals surface area contributed by atoms with Gasteiger partial charge >= 0.3 is 6.09 Å². The van der Waals surface area contributed by atoms with Crippen LogP contribution in [0.15, 0.2) is 55.1 Å². The second-order valence-electron chi connectivity index (χ2n) is 10.4. The lowest BCUT2D eigenvalue weighted by Crippen LogP contribution is -2.40. The van der Waals surface area contributed by atoms with E-state index in [1.807, 2.05) is 42.7 Å². The Morgan fingerprint density at radius 2 is 1.71 bits per heavy atom. The van der Waals surface area contributed by atoms with Crippen LogP contribution >= 0.6 is 0 Å². The Hall–Kier alpha value is -4.08. The van der Waals surface area contributed by atoms with E-state index >= 15 is 0 Å². The molecule has 0 saturated carbocycles. The first-order valence-corrected chi connectivity index (χ1v) is 12.8. The second-order valence-corrected chi connectivity index (χ2v) is 10.4. The maximum atomic E-state index is 12.5. The van der Waals surface area contributed by atoms with Crippen molar-refractivity contribution in [3.05, 3.63) is 66.5 Å². The molecule has 0 radical (unpaired) electrons. The molecule has 1 aliphatic heterocycles. The fraction of sp³-hybridized carbons (Fsp3) is 0.429. The summed E-state index contributed by atoms with van der Waals surface area (Å²) in [4.78, 5) is 46.1. The Balaban J connectivity index is 1.31. The quantitative estimate of drug-likeness (QED) is 0.504. The highest BCUT2D eigenvalue weighted by atomic mass is 16.6. The van der Waals surface area contributed by atoms with E-state index in [0.717, 1.165) is 54.4 Å². The molecule has 1 aromatic carbocycles. The average Bonchev–Trinajstić information content (AvgIpc) is 2.91. The van der Waals surface area contributed by atoms with Crippen molar-refractivity contribution in [2.45, 2.75) is 51.7 Å². The highest BCUT2D eigenvalue weighted by molar-refractivity contribution is 5.82. The molecule has 2 amide bonds. The van der Waals surface area contributed by atoms with Crippen molar-refractivity contribution in [1.82, 2.24) is 30.2 Å². The van der Waals surface area contributed by atoms with Gasteiger partial charge in [-0.1, -0.05) is 18.2 Å². The third-order valence-corrected chi connectivity index (χ3v) is 6.26. The monoisotopic (exact) mass is 517 g/mol. The molecule has 3 heterocycles. The van der Waals surface area contributed by atoms with Crippen LogP contribution in [0, 0.1) is 0 Å². The van der Waals surface area contributed by atoms with Crippen molar-refractivity contribution >= 4 is 17.9 Å². The lowest BCUT2D eigenvalue weighted by molar-refractivity contribution is -0.129. The first-order chi connectivity index (χ1) is 18.2. The molecule has 0 aliphatic carbocycles. The predicted octanol–water partition coefficient (Wildman–Crippen LogP) is 3.80. The van der Waals surface area contributed by atoms with Crippen molar-refractivity contribution < 1.29 is 14.3 Å². The number of carbonyl (C=O) groups excluding carboxylic acids is 2. The van der Waals surface area contributed by atoms with Gasteiger partial charge in [0, 0.05) is 63.0 Å². The Kier molecular flexibility index (Phi) is 8.50. The van der Waals surface area contributed by atoms with Crippen molar-refractivity contribution in [2.24, 2.45) is 0 Å². The molecule has 0 atom stereocenters. The predicted molar refractivity (Wildman–Crippen MR) is 144 cm³/mol. The summed E-state index contributed by atoms with van der Waals surface area (Å²) >= 11 is 0. The molecular formula is C28H35N7O3. The number of nitrogens with one attached hydrogen (secondary N) is 1. The van der Waals surface area contributed by atoms with Crippen LogP contribution in [0.3, 0.4) is 0 Å². The Morgan fingerprint density at radius 3 is 2.37 bits per heavy atom. The van der Waals surface area contributed by atoms with Crippen LogP contribution in [0.2, 0.25) is 0 Å². The van der Waals surface area contributed by atoms with E-state index in [4.69, 9.17) is 4.74 Å². The fourth-order valence-corrected chi connectivity index (χ4v) is 4.30. The number of carbonyl (C=O) groups is 2. The van der Waals surface area contributed by atoms with Crippen LogP contribution in [-0.4, -0.2) is 69.1 Å². The summed E-state index contributed by atoms with van der Waals surface area (Å²) in [6, 6.07) is 9.78. The van der Waals surface area contributed by atoms with Gasteiger partial charge in [0.05, 0.1) is 0 Å². The van der Waals surface area contributed by atoms with Crippen LogP contribution in [0.5, 0.6) is 0 Å². The largest absolute Gasteiger partial charge is 0.444 e. The molecule has 0 unspecified atom stereocenters.